The average molecular weight is 220 g/mol. The van der Waals surface area contributed by atoms with Crippen molar-refractivity contribution in [1.29, 1.82) is 0 Å². The van der Waals surface area contributed by atoms with Crippen LogP contribution in [0.1, 0.15) is 23.2 Å². The topological polar surface area (TPSA) is 75.2 Å². The molecule has 0 saturated carbocycles. The fraction of sp³-hybridized carbons (Fsp3) is 0.400. The molecule has 0 aromatic carbocycles. The molecule has 1 aromatic rings. The molecule has 0 spiro atoms. The lowest BCUT2D eigenvalue weighted by Crippen LogP contribution is -2.32. The van der Waals surface area contributed by atoms with Crippen molar-refractivity contribution in [2.24, 2.45) is 0 Å². The third kappa shape index (κ3) is 2.33. The number of aromatic nitrogens is 2. The normalized spacial score (nSPS) is 14.9. The summed E-state index contributed by atoms with van der Waals surface area (Å²) in [6.45, 7) is 1.55. The number of aldehydes is 1. The molecule has 6 nitrogen and oxygen atoms in total. The number of likely N-dealkylation sites (tertiary alicyclic amines) is 1. The van der Waals surface area contributed by atoms with E-state index in [1.165, 1.54) is 12.4 Å². The fourth-order valence-corrected chi connectivity index (χ4v) is 1.56. The van der Waals surface area contributed by atoms with Crippen molar-refractivity contribution in [3.05, 3.63) is 18.0 Å². The summed E-state index contributed by atoms with van der Waals surface area (Å²) in [6.07, 6.45) is 5.49. The van der Waals surface area contributed by atoms with E-state index >= 15 is 0 Å². The first-order chi connectivity index (χ1) is 7.79. The van der Waals surface area contributed by atoms with E-state index in [0.717, 1.165) is 25.9 Å². The second-order valence-electron chi connectivity index (χ2n) is 3.58. The first-order valence-electron chi connectivity index (χ1n) is 5.13. The zero-order valence-electron chi connectivity index (χ0n) is 8.72. The van der Waals surface area contributed by atoms with Crippen LogP contribution in [-0.2, 0) is 0 Å². The van der Waals surface area contributed by atoms with Crippen molar-refractivity contribution in [3.8, 4) is 0 Å². The number of anilines is 1. The van der Waals surface area contributed by atoms with Crippen molar-refractivity contribution in [3.63, 3.8) is 0 Å². The summed E-state index contributed by atoms with van der Waals surface area (Å²) in [5, 5.41) is 2.58. The molecule has 2 rings (SSSR count). The SMILES string of the molecule is O=Cc1cnc(NC(=O)N2CCCC2)nc1. The van der Waals surface area contributed by atoms with Gasteiger partial charge in [-0.2, -0.15) is 0 Å². The molecule has 1 aromatic heterocycles. The van der Waals surface area contributed by atoms with Crippen LogP contribution in [0.3, 0.4) is 0 Å². The Bertz CT molecular complexity index is 384. The Morgan fingerprint density at radius 2 is 1.94 bits per heavy atom. The van der Waals surface area contributed by atoms with E-state index in [2.05, 4.69) is 15.3 Å². The van der Waals surface area contributed by atoms with E-state index in [-0.39, 0.29) is 12.0 Å². The van der Waals surface area contributed by atoms with Gasteiger partial charge in [0.15, 0.2) is 6.29 Å². The van der Waals surface area contributed by atoms with Gasteiger partial charge in [0, 0.05) is 25.5 Å². The molecular weight excluding hydrogens is 208 g/mol. The number of rotatable bonds is 2. The lowest BCUT2D eigenvalue weighted by atomic mass is 10.4. The Morgan fingerprint density at radius 3 is 2.50 bits per heavy atom. The zero-order valence-corrected chi connectivity index (χ0v) is 8.72. The summed E-state index contributed by atoms with van der Waals surface area (Å²) in [5.41, 5.74) is 0.388. The fourth-order valence-electron chi connectivity index (χ4n) is 1.56. The van der Waals surface area contributed by atoms with Gasteiger partial charge < -0.3 is 4.90 Å². The molecule has 2 amide bonds. The standard InChI is InChI=1S/C10H12N4O2/c15-7-8-5-11-9(12-6-8)13-10(16)14-3-1-2-4-14/h5-7H,1-4H2,(H,11,12,13,16). The number of urea groups is 1. The third-order valence-corrected chi connectivity index (χ3v) is 2.42. The number of hydrogen-bond donors (Lipinski definition) is 1. The maximum Gasteiger partial charge on any atom is 0.324 e. The van der Waals surface area contributed by atoms with E-state index in [0.29, 0.717) is 11.8 Å². The molecule has 1 aliphatic rings. The van der Waals surface area contributed by atoms with Crippen LogP contribution >= 0.6 is 0 Å². The van der Waals surface area contributed by atoms with E-state index in [1.54, 1.807) is 4.90 Å². The van der Waals surface area contributed by atoms with E-state index in [4.69, 9.17) is 0 Å². The molecule has 0 aliphatic carbocycles. The Morgan fingerprint density at radius 1 is 1.31 bits per heavy atom. The van der Waals surface area contributed by atoms with Crippen LogP contribution in [0.5, 0.6) is 0 Å². The van der Waals surface area contributed by atoms with Gasteiger partial charge in [-0.25, -0.2) is 14.8 Å². The molecule has 0 unspecified atom stereocenters. The first kappa shape index (κ1) is 10.5. The van der Waals surface area contributed by atoms with Crippen LogP contribution < -0.4 is 5.32 Å². The van der Waals surface area contributed by atoms with Gasteiger partial charge >= 0.3 is 6.03 Å². The van der Waals surface area contributed by atoms with Crippen LogP contribution in [0.25, 0.3) is 0 Å². The minimum absolute atomic E-state index is 0.184. The highest BCUT2D eigenvalue weighted by Crippen LogP contribution is 2.09. The molecule has 1 fully saturated rings. The Labute approximate surface area is 92.7 Å². The monoisotopic (exact) mass is 220 g/mol. The summed E-state index contributed by atoms with van der Waals surface area (Å²) < 4.78 is 0. The molecule has 0 radical (unpaired) electrons. The van der Waals surface area contributed by atoms with Crippen molar-refractivity contribution < 1.29 is 9.59 Å². The Hall–Kier alpha value is -1.98. The molecule has 1 N–H and O–H groups in total. The summed E-state index contributed by atoms with van der Waals surface area (Å²) in [7, 11) is 0. The van der Waals surface area contributed by atoms with Crippen LogP contribution in [0.15, 0.2) is 12.4 Å². The van der Waals surface area contributed by atoms with Gasteiger partial charge in [-0.1, -0.05) is 0 Å². The number of amides is 2. The van der Waals surface area contributed by atoms with E-state index < -0.39 is 0 Å². The molecule has 1 aliphatic heterocycles. The molecule has 1 saturated heterocycles. The smallest absolute Gasteiger partial charge is 0.324 e. The predicted molar refractivity (Wildman–Crippen MR) is 57.2 cm³/mol. The van der Waals surface area contributed by atoms with Crippen molar-refractivity contribution in [2.45, 2.75) is 12.8 Å². The summed E-state index contributed by atoms with van der Waals surface area (Å²) in [6, 6.07) is -0.184. The van der Waals surface area contributed by atoms with E-state index in [9.17, 15) is 9.59 Å². The van der Waals surface area contributed by atoms with Gasteiger partial charge in [-0.05, 0) is 12.8 Å². The van der Waals surface area contributed by atoms with Crippen LogP contribution in [-0.4, -0.2) is 40.3 Å². The highest BCUT2D eigenvalue weighted by Gasteiger charge is 2.18. The molecular formula is C10H12N4O2. The van der Waals surface area contributed by atoms with Gasteiger partial charge in [-0.3, -0.25) is 10.1 Å². The second-order valence-corrected chi connectivity index (χ2v) is 3.58. The van der Waals surface area contributed by atoms with Gasteiger partial charge in [0.25, 0.3) is 0 Å². The number of carbonyl (C=O) groups is 2. The molecule has 0 bridgehead atoms. The maximum atomic E-state index is 11.6. The van der Waals surface area contributed by atoms with Gasteiger partial charge in [-0.15, -0.1) is 0 Å². The number of nitrogens with zero attached hydrogens (tertiary/aromatic N) is 3. The Balaban J connectivity index is 1.97. The summed E-state index contributed by atoms with van der Waals surface area (Å²) in [5.74, 6) is 0.225. The number of nitrogens with one attached hydrogen (secondary N) is 1. The Kier molecular flexibility index (Phi) is 3.09. The first-order valence-corrected chi connectivity index (χ1v) is 5.13. The highest BCUT2D eigenvalue weighted by atomic mass is 16.2. The molecule has 2 heterocycles. The van der Waals surface area contributed by atoms with Gasteiger partial charge in [0.2, 0.25) is 5.95 Å². The summed E-state index contributed by atoms with van der Waals surface area (Å²) in [4.78, 5) is 31.4. The maximum absolute atomic E-state index is 11.6. The number of hydrogen-bond acceptors (Lipinski definition) is 4. The van der Waals surface area contributed by atoms with Crippen LogP contribution in [0.4, 0.5) is 10.7 Å². The summed E-state index contributed by atoms with van der Waals surface area (Å²) >= 11 is 0. The molecule has 6 heteroatoms. The molecule has 16 heavy (non-hydrogen) atoms. The van der Waals surface area contributed by atoms with Crippen molar-refractivity contribution >= 4 is 18.3 Å². The highest BCUT2D eigenvalue weighted by molar-refractivity contribution is 5.87. The van der Waals surface area contributed by atoms with Gasteiger partial charge in [0.05, 0.1) is 5.56 Å². The quantitative estimate of drug-likeness (QED) is 0.752. The average Bonchev–Trinajstić information content (AvgIpc) is 2.83. The number of carbonyl (C=O) groups excluding carboxylic acids is 2. The molecule has 0 atom stereocenters. The largest absolute Gasteiger partial charge is 0.324 e. The van der Waals surface area contributed by atoms with Crippen molar-refractivity contribution in [1.82, 2.24) is 14.9 Å². The van der Waals surface area contributed by atoms with E-state index in [1.807, 2.05) is 0 Å². The minimum atomic E-state index is -0.184. The van der Waals surface area contributed by atoms with Crippen LogP contribution in [0.2, 0.25) is 0 Å². The molecule has 84 valence electrons. The zero-order chi connectivity index (χ0) is 11.4. The van der Waals surface area contributed by atoms with Crippen LogP contribution in [0, 0.1) is 0 Å². The van der Waals surface area contributed by atoms with Crippen molar-refractivity contribution in [2.75, 3.05) is 18.4 Å². The second kappa shape index (κ2) is 4.69. The predicted octanol–water partition coefficient (Wildman–Crippen LogP) is 0.917. The minimum Gasteiger partial charge on any atom is -0.324 e. The lowest BCUT2D eigenvalue weighted by molar-refractivity contribution is 0.112. The lowest BCUT2D eigenvalue weighted by Gasteiger charge is -2.14. The third-order valence-electron chi connectivity index (χ3n) is 2.42. The van der Waals surface area contributed by atoms with Gasteiger partial charge in [0.1, 0.15) is 0 Å².